The number of aromatic nitrogens is 2. The number of amides is 2. The number of rotatable bonds is 7. The molecule has 4 rings (SSSR count). The number of para-hydroxylation sites is 1. The molecule has 1 fully saturated rings. The average Bonchev–Trinajstić information content (AvgIpc) is 3.30. The van der Waals surface area contributed by atoms with Gasteiger partial charge in [-0.25, -0.2) is 4.79 Å². The van der Waals surface area contributed by atoms with Crippen molar-refractivity contribution < 1.29 is 9.59 Å². The van der Waals surface area contributed by atoms with E-state index in [9.17, 15) is 19.2 Å². The number of carbonyl (C=O) groups is 2. The SMILES string of the molecule is CC(C)NC(=O)C1CCC(Cn2c(=O)c3sccc3n(CC(=O)Nc3ccccc3)c2=O)CC1. The van der Waals surface area contributed by atoms with Gasteiger partial charge in [0.15, 0.2) is 0 Å². The van der Waals surface area contributed by atoms with Crippen LogP contribution in [0, 0.1) is 11.8 Å². The molecule has 1 aromatic carbocycles. The first-order valence-corrected chi connectivity index (χ1v) is 12.6. The van der Waals surface area contributed by atoms with Gasteiger partial charge in [-0.3, -0.25) is 23.5 Å². The minimum Gasteiger partial charge on any atom is -0.354 e. The van der Waals surface area contributed by atoms with E-state index in [1.807, 2.05) is 32.0 Å². The molecule has 0 unspecified atom stereocenters. The number of hydrogen-bond donors (Lipinski definition) is 2. The van der Waals surface area contributed by atoms with Gasteiger partial charge in [-0.2, -0.15) is 0 Å². The van der Waals surface area contributed by atoms with Crippen LogP contribution in [-0.4, -0.2) is 27.0 Å². The summed E-state index contributed by atoms with van der Waals surface area (Å²) in [6.07, 6.45) is 3.04. The predicted molar refractivity (Wildman–Crippen MR) is 134 cm³/mol. The molecule has 2 aromatic heterocycles. The summed E-state index contributed by atoms with van der Waals surface area (Å²) < 4.78 is 3.12. The van der Waals surface area contributed by atoms with Crippen molar-refractivity contribution in [3.8, 4) is 0 Å². The normalized spacial score (nSPS) is 18.2. The molecule has 1 aliphatic carbocycles. The van der Waals surface area contributed by atoms with E-state index in [-0.39, 0.29) is 41.8 Å². The molecule has 180 valence electrons. The minimum absolute atomic E-state index is 0.0199. The lowest BCUT2D eigenvalue weighted by Crippen LogP contribution is -2.43. The molecule has 2 amide bonds. The second-order valence-corrected chi connectivity index (χ2v) is 10.1. The van der Waals surface area contributed by atoms with Gasteiger partial charge < -0.3 is 10.6 Å². The van der Waals surface area contributed by atoms with E-state index in [2.05, 4.69) is 10.6 Å². The molecule has 8 nitrogen and oxygen atoms in total. The maximum atomic E-state index is 13.3. The average molecular weight is 483 g/mol. The number of hydrogen-bond acceptors (Lipinski definition) is 5. The summed E-state index contributed by atoms with van der Waals surface area (Å²) in [6.45, 7) is 4.01. The van der Waals surface area contributed by atoms with Crippen molar-refractivity contribution in [1.29, 1.82) is 0 Å². The molecule has 3 aromatic rings. The van der Waals surface area contributed by atoms with Crippen molar-refractivity contribution in [3.63, 3.8) is 0 Å². The fourth-order valence-corrected chi connectivity index (χ4v) is 5.42. The van der Waals surface area contributed by atoms with Crippen molar-refractivity contribution in [2.45, 2.75) is 58.7 Å². The van der Waals surface area contributed by atoms with Crippen LogP contribution >= 0.6 is 11.3 Å². The van der Waals surface area contributed by atoms with Gasteiger partial charge >= 0.3 is 5.69 Å². The summed E-state index contributed by atoms with van der Waals surface area (Å²) in [5, 5.41) is 7.53. The largest absolute Gasteiger partial charge is 0.354 e. The van der Waals surface area contributed by atoms with Crippen LogP contribution in [-0.2, 0) is 22.7 Å². The maximum Gasteiger partial charge on any atom is 0.332 e. The van der Waals surface area contributed by atoms with Crippen LogP contribution in [0.4, 0.5) is 5.69 Å². The number of nitrogens with one attached hydrogen (secondary N) is 2. The molecule has 0 radical (unpaired) electrons. The highest BCUT2D eigenvalue weighted by atomic mass is 32.1. The number of thiophene rings is 1. The first-order chi connectivity index (χ1) is 16.3. The zero-order chi connectivity index (χ0) is 24.2. The standard InChI is InChI=1S/C25H30N4O4S/c1-16(2)26-23(31)18-10-8-17(9-11-18)14-29-24(32)22-20(12-13-34-22)28(25(29)33)15-21(30)27-19-6-4-3-5-7-19/h3-7,12-13,16-18H,8-11,14-15H2,1-2H3,(H,26,31)(H,27,30). The van der Waals surface area contributed by atoms with E-state index in [0.29, 0.717) is 22.4 Å². The van der Waals surface area contributed by atoms with Gasteiger partial charge in [0.2, 0.25) is 11.8 Å². The van der Waals surface area contributed by atoms with E-state index in [0.717, 1.165) is 25.7 Å². The molecule has 1 aliphatic rings. The molecule has 2 heterocycles. The zero-order valence-corrected chi connectivity index (χ0v) is 20.3. The molecule has 9 heteroatoms. The van der Waals surface area contributed by atoms with Crippen LogP contribution < -0.4 is 21.9 Å². The quantitative estimate of drug-likeness (QED) is 0.540. The van der Waals surface area contributed by atoms with E-state index in [1.165, 1.54) is 20.5 Å². The third-order valence-corrected chi connectivity index (χ3v) is 7.18. The molecular weight excluding hydrogens is 452 g/mol. The Balaban J connectivity index is 1.52. The first kappa shape index (κ1) is 23.9. The van der Waals surface area contributed by atoms with E-state index >= 15 is 0 Å². The minimum atomic E-state index is -0.473. The van der Waals surface area contributed by atoms with Gasteiger partial charge in [0, 0.05) is 24.2 Å². The molecular formula is C25H30N4O4S. The van der Waals surface area contributed by atoms with Gasteiger partial charge in [-0.1, -0.05) is 18.2 Å². The highest BCUT2D eigenvalue weighted by molar-refractivity contribution is 7.17. The number of fused-ring (bicyclic) bond motifs is 1. The Labute approximate surface area is 201 Å². The van der Waals surface area contributed by atoms with Gasteiger partial charge in [0.25, 0.3) is 5.56 Å². The third kappa shape index (κ3) is 5.30. The van der Waals surface area contributed by atoms with Crippen LogP contribution in [0.15, 0.2) is 51.4 Å². The molecule has 0 bridgehead atoms. The van der Waals surface area contributed by atoms with Gasteiger partial charge in [-0.05, 0) is 69.0 Å². The number of nitrogens with zero attached hydrogens (tertiary/aromatic N) is 2. The molecule has 0 saturated heterocycles. The summed E-state index contributed by atoms with van der Waals surface area (Å²) in [6, 6.07) is 10.9. The highest BCUT2D eigenvalue weighted by Gasteiger charge is 2.28. The van der Waals surface area contributed by atoms with Crippen LogP contribution in [0.5, 0.6) is 0 Å². The van der Waals surface area contributed by atoms with Crippen molar-refractivity contribution in [1.82, 2.24) is 14.5 Å². The Morgan fingerprint density at radius 1 is 1.03 bits per heavy atom. The summed E-state index contributed by atoms with van der Waals surface area (Å²) in [5.41, 5.74) is 0.343. The smallest absolute Gasteiger partial charge is 0.332 e. The second-order valence-electron chi connectivity index (χ2n) is 9.21. The van der Waals surface area contributed by atoms with E-state index in [1.54, 1.807) is 23.6 Å². The maximum absolute atomic E-state index is 13.3. The summed E-state index contributed by atoms with van der Waals surface area (Å²) in [5.74, 6) is -0.133. The Morgan fingerprint density at radius 2 is 1.74 bits per heavy atom. The lowest BCUT2D eigenvalue weighted by Gasteiger charge is -2.28. The van der Waals surface area contributed by atoms with Crippen molar-refractivity contribution >= 4 is 39.1 Å². The summed E-state index contributed by atoms with van der Waals surface area (Å²) >= 11 is 1.28. The Morgan fingerprint density at radius 3 is 2.41 bits per heavy atom. The number of benzene rings is 1. The topological polar surface area (TPSA) is 102 Å². The molecule has 34 heavy (non-hydrogen) atoms. The highest BCUT2D eigenvalue weighted by Crippen LogP contribution is 2.30. The molecule has 2 N–H and O–H groups in total. The van der Waals surface area contributed by atoms with Crippen molar-refractivity contribution in [3.05, 3.63) is 62.6 Å². The van der Waals surface area contributed by atoms with Gasteiger partial charge in [-0.15, -0.1) is 11.3 Å². The van der Waals surface area contributed by atoms with E-state index < -0.39 is 5.69 Å². The Bertz CT molecular complexity index is 1280. The summed E-state index contributed by atoms with van der Waals surface area (Å²) in [4.78, 5) is 51.4. The fourth-order valence-electron chi connectivity index (χ4n) is 4.58. The second kappa shape index (κ2) is 10.4. The monoisotopic (exact) mass is 482 g/mol. The van der Waals surface area contributed by atoms with Crippen LogP contribution in [0.25, 0.3) is 10.2 Å². The first-order valence-electron chi connectivity index (χ1n) is 11.7. The molecule has 1 saturated carbocycles. The van der Waals surface area contributed by atoms with E-state index in [4.69, 9.17) is 0 Å². The van der Waals surface area contributed by atoms with Crippen molar-refractivity contribution in [2.24, 2.45) is 11.8 Å². The molecule has 0 atom stereocenters. The lowest BCUT2D eigenvalue weighted by molar-refractivity contribution is -0.126. The fraction of sp³-hybridized carbons (Fsp3) is 0.440. The molecule has 0 aliphatic heterocycles. The lowest BCUT2D eigenvalue weighted by atomic mass is 9.81. The molecule has 0 spiro atoms. The Kier molecular flexibility index (Phi) is 7.31. The van der Waals surface area contributed by atoms with Crippen LogP contribution in [0.2, 0.25) is 0 Å². The van der Waals surface area contributed by atoms with Gasteiger partial charge in [0.05, 0.1) is 5.52 Å². The predicted octanol–water partition coefficient (Wildman–Crippen LogP) is 3.19. The number of carbonyl (C=O) groups excluding carboxylic acids is 2. The Hall–Kier alpha value is -3.20. The summed E-state index contributed by atoms with van der Waals surface area (Å²) in [7, 11) is 0. The zero-order valence-electron chi connectivity index (χ0n) is 19.5. The van der Waals surface area contributed by atoms with Crippen molar-refractivity contribution in [2.75, 3.05) is 5.32 Å². The third-order valence-electron chi connectivity index (χ3n) is 6.28. The number of anilines is 1. The van der Waals surface area contributed by atoms with Crippen LogP contribution in [0.3, 0.4) is 0 Å². The van der Waals surface area contributed by atoms with Gasteiger partial charge in [0.1, 0.15) is 11.2 Å². The van der Waals surface area contributed by atoms with Crippen LogP contribution in [0.1, 0.15) is 39.5 Å².